The number of nitrogens with zero attached hydrogens (tertiary/aromatic N) is 2. The van der Waals surface area contributed by atoms with Crippen molar-refractivity contribution in [3.05, 3.63) is 46.6 Å². The Morgan fingerprint density at radius 1 is 1.23 bits per heavy atom. The summed E-state index contributed by atoms with van der Waals surface area (Å²) in [4.78, 5) is 28.9. The SMILES string of the molecule is Cc1cncc(C(=O)NC2CCc3onc(C(=O)NCC4CC4)c3C2)c1. The van der Waals surface area contributed by atoms with Gasteiger partial charge in [-0.15, -0.1) is 0 Å². The minimum absolute atomic E-state index is 0.0510. The lowest BCUT2D eigenvalue weighted by molar-refractivity contribution is 0.0930. The fraction of sp³-hybridized carbons (Fsp3) is 0.474. The minimum Gasteiger partial charge on any atom is -0.360 e. The smallest absolute Gasteiger partial charge is 0.273 e. The first-order chi connectivity index (χ1) is 12.6. The molecule has 26 heavy (non-hydrogen) atoms. The quantitative estimate of drug-likeness (QED) is 0.853. The summed E-state index contributed by atoms with van der Waals surface area (Å²) >= 11 is 0. The first-order valence-corrected chi connectivity index (χ1v) is 9.08. The molecule has 2 aromatic rings. The predicted octanol–water partition coefficient (Wildman–Crippen LogP) is 1.81. The Kier molecular flexibility index (Phi) is 4.44. The first kappa shape index (κ1) is 16.8. The van der Waals surface area contributed by atoms with Crippen LogP contribution in [0.5, 0.6) is 0 Å². The van der Waals surface area contributed by atoms with E-state index in [9.17, 15) is 9.59 Å². The molecule has 4 rings (SSSR count). The summed E-state index contributed by atoms with van der Waals surface area (Å²) in [5.41, 5.74) is 2.66. The average Bonchev–Trinajstić information content (AvgIpc) is 3.37. The Balaban J connectivity index is 1.42. The highest BCUT2D eigenvalue weighted by Gasteiger charge is 2.30. The second-order valence-corrected chi connectivity index (χ2v) is 7.25. The van der Waals surface area contributed by atoms with Crippen LogP contribution in [0.1, 0.15) is 57.0 Å². The molecule has 0 aromatic carbocycles. The van der Waals surface area contributed by atoms with Crippen molar-refractivity contribution < 1.29 is 14.1 Å². The normalized spacial score (nSPS) is 18.9. The number of nitrogens with one attached hydrogen (secondary N) is 2. The molecule has 2 amide bonds. The van der Waals surface area contributed by atoms with Crippen molar-refractivity contribution in [2.24, 2.45) is 5.92 Å². The van der Waals surface area contributed by atoms with Crippen LogP contribution < -0.4 is 10.6 Å². The van der Waals surface area contributed by atoms with Crippen molar-refractivity contribution in [2.45, 2.75) is 45.1 Å². The van der Waals surface area contributed by atoms with Crippen molar-refractivity contribution in [1.29, 1.82) is 0 Å². The molecule has 2 aliphatic carbocycles. The number of hydrogen-bond acceptors (Lipinski definition) is 5. The van der Waals surface area contributed by atoms with Gasteiger partial charge in [-0.3, -0.25) is 14.6 Å². The fourth-order valence-electron chi connectivity index (χ4n) is 3.30. The molecule has 1 fully saturated rings. The van der Waals surface area contributed by atoms with Crippen molar-refractivity contribution in [2.75, 3.05) is 6.54 Å². The number of hydrogen-bond donors (Lipinski definition) is 2. The van der Waals surface area contributed by atoms with E-state index in [0.717, 1.165) is 23.3 Å². The summed E-state index contributed by atoms with van der Waals surface area (Å²) in [5.74, 6) is 1.03. The molecule has 0 saturated heterocycles. The van der Waals surface area contributed by atoms with Crippen LogP contribution in [-0.2, 0) is 12.8 Å². The van der Waals surface area contributed by atoms with Crippen LogP contribution in [0.25, 0.3) is 0 Å². The molecule has 1 atom stereocenters. The molecule has 1 saturated carbocycles. The van der Waals surface area contributed by atoms with E-state index >= 15 is 0 Å². The second-order valence-electron chi connectivity index (χ2n) is 7.25. The Morgan fingerprint density at radius 2 is 2.08 bits per heavy atom. The topological polar surface area (TPSA) is 97.1 Å². The number of carbonyl (C=O) groups is 2. The van der Waals surface area contributed by atoms with E-state index in [1.807, 2.05) is 13.0 Å². The summed E-state index contributed by atoms with van der Waals surface area (Å²) < 4.78 is 5.35. The largest absolute Gasteiger partial charge is 0.360 e. The van der Waals surface area contributed by atoms with Crippen LogP contribution in [0.15, 0.2) is 23.0 Å². The molecule has 2 aliphatic rings. The Hall–Kier alpha value is -2.70. The summed E-state index contributed by atoms with van der Waals surface area (Å²) in [5, 5.41) is 9.94. The van der Waals surface area contributed by atoms with Gasteiger partial charge < -0.3 is 15.2 Å². The maximum absolute atomic E-state index is 12.4. The van der Waals surface area contributed by atoms with Crippen LogP contribution >= 0.6 is 0 Å². The molecule has 0 bridgehead atoms. The molecular formula is C19H22N4O3. The van der Waals surface area contributed by atoms with Crippen molar-refractivity contribution in [1.82, 2.24) is 20.8 Å². The molecule has 7 heteroatoms. The maximum atomic E-state index is 12.4. The highest BCUT2D eigenvalue weighted by atomic mass is 16.5. The monoisotopic (exact) mass is 354 g/mol. The van der Waals surface area contributed by atoms with E-state index in [0.29, 0.717) is 36.6 Å². The Bertz CT molecular complexity index is 841. The average molecular weight is 354 g/mol. The zero-order valence-corrected chi connectivity index (χ0v) is 14.7. The highest BCUT2D eigenvalue weighted by Crippen LogP contribution is 2.28. The van der Waals surface area contributed by atoms with E-state index in [2.05, 4.69) is 20.8 Å². The first-order valence-electron chi connectivity index (χ1n) is 9.08. The van der Waals surface area contributed by atoms with Crippen LogP contribution in [0, 0.1) is 12.8 Å². The van der Waals surface area contributed by atoms with Crippen LogP contribution in [0.2, 0.25) is 0 Å². The third-order valence-electron chi connectivity index (χ3n) is 4.98. The molecule has 1 unspecified atom stereocenters. The van der Waals surface area contributed by atoms with E-state index in [-0.39, 0.29) is 17.9 Å². The molecule has 0 aliphatic heterocycles. The van der Waals surface area contributed by atoms with E-state index in [1.165, 1.54) is 12.8 Å². The Morgan fingerprint density at radius 3 is 2.85 bits per heavy atom. The minimum atomic E-state index is -0.184. The molecular weight excluding hydrogens is 332 g/mol. The lowest BCUT2D eigenvalue weighted by atomic mass is 9.91. The molecule has 2 aromatic heterocycles. The number of rotatable bonds is 5. The number of carbonyl (C=O) groups excluding carboxylic acids is 2. The van der Waals surface area contributed by atoms with E-state index < -0.39 is 0 Å². The molecule has 7 nitrogen and oxygen atoms in total. The lowest BCUT2D eigenvalue weighted by Crippen LogP contribution is -2.39. The van der Waals surface area contributed by atoms with Gasteiger partial charge in [0.15, 0.2) is 5.69 Å². The van der Waals surface area contributed by atoms with Gasteiger partial charge in [0.25, 0.3) is 11.8 Å². The van der Waals surface area contributed by atoms with Gasteiger partial charge in [0.2, 0.25) is 0 Å². The van der Waals surface area contributed by atoms with Gasteiger partial charge in [0.1, 0.15) is 5.76 Å². The van der Waals surface area contributed by atoms with Crippen molar-refractivity contribution in [3.63, 3.8) is 0 Å². The molecule has 0 radical (unpaired) electrons. The molecule has 2 heterocycles. The maximum Gasteiger partial charge on any atom is 0.273 e. The number of aryl methyl sites for hydroxylation is 2. The van der Waals surface area contributed by atoms with Gasteiger partial charge in [-0.2, -0.15) is 0 Å². The van der Waals surface area contributed by atoms with Gasteiger partial charge in [-0.25, -0.2) is 0 Å². The fourth-order valence-corrected chi connectivity index (χ4v) is 3.30. The highest BCUT2D eigenvalue weighted by molar-refractivity contribution is 5.95. The molecule has 136 valence electrons. The summed E-state index contributed by atoms with van der Waals surface area (Å²) in [7, 11) is 0. The van der Waals surface area contributed by atoms with Gasteiger partial charge in [-0.1, -0.05) is 5.16 Å². The zero-order valence-electron chi connectivity index (χ0n) is 14.7. The van der Waals surface area contributed by atoms with Gasteiger partial charge in [0, 0.05) is 37.0 Å². The Labute approximate surface area is 151 Å². The summed E-state index contributed by atoms with van der Waals surface area (Å²) in [6.07, 6.45) is 7.61. The van der Waals surface area contributed by atoms with Gasteiger partial charge in [-0.05, 0) is 50.2 Å². The number of pyridine rings is 1. The lowest BCUT2D eigenvalue weighted by Gasteiger charge is -2.22. The summed E-state index contributed by atoms with van der Waals surface area (Å²) in [6.45, 7) is 2.60. The zero-order chi connectivity index (χ0) is 18.1. The molecule has 2 N–H and O–H groups in total. The van der Waals surface area contributed by atoms with E-state index in [1.54, 1.807) is 12.4 Å². The third kappa shape index (κ3) is 3.61. The number of amides is 2. The van der Waals surface area contributed by atoms with Gasteiger partial charge >= 0.3 is 0 Å². The van der Waals surface area contributed by atoms with Gasteiger partial charge in [0.05, 0.1) is 5.56 Å². The molecule has 0 spiro atoms. The number of fused-ring (bicyclic) bond motifs is 1. The van der Waals surface area contributed by atoms with Crippen LogP contribution in [-0.4, -0.2) is 34.5 Å². The third-order valence-corrected chi connectivity index (χ3v) is 4.98. The predicted molar refractivity (Wildman–Crippen MR) is 93.8 cm³/mol. The van der Waals surface area contributed by atoms with Crippen LogP contribution in [0.3, 0.4) is 0 Å². The standard InChI is InChI=1S/C19H22N4O3/c1-11-6-13(10-20-8-11)18(24)22-14-4-5-16-15(7-14)17(23-26-16)19(25)21-9-12-2-3-12/h6,8,10,12,14H,2-5,7,9H2,1H3,(H,21,25)(H,22,24). The second kappa shape index (κ2) is 6.90. The van der Waals surface area contributed by atoms with Crippen molar-refractivity contribution in [3.8, 4) is 0 Å². The van der Waals surface area contributed by atoms with E-state index in [4.69, 9.17) is 4.52 Å². The number of aromatic nitrogens is 2. The van der Waals surface area contributed by atoms with Crippen molar-refractivity contribution >= 4 is 11.8 Å². The van der Waals surface area contributed by atoms with Crippen LogP contribution in [0.4, 0.5) is 0 Å². The summed E-state index contributed by atoms with van der Waals surface area (Å²) in [6, 6.07) is 1.76.